The number of fused-ring (bicyclic) bond motifs is 1. The van der Waals surface area contributed by atoms with Crippen molar-refractivity contribution in [1.82, 2.24) is 0 Å². The van der Waals surface area contributed by atoms with Gasteiger partial charge in [-0.15, -0.1) is 0 Å². The van der Waals surface area contributed by atoms with E-state index in [4.69, 9.17) is 5.73 Å². The minimum Gasteiger partial charge on any atom is -0.481 e. The number of nitrogens with two attached hydrogens (primary N) is 1. The summed E-state index contributed by atoms with van der Waals surface area (Å²) in [7, 11) is 0. The molecule has 5 heteroatoms. The Kier molecular flexibility index (Phi) is 3.22. The zero-order valence-electron chi connectivity index (χ0n) is 11.2. The molecular formula is C15H18N2O3. The summed E-state index contributed by atoms with van der Waals surface area (Å²) in [5.74, 6) is -1.71. The number of carboxylic acids is 1. The first-order valence-corrected chi connectivity index (χ1v) is 6.98. The number of benzene rings is 1. The molecule has 1 aliphatic carbocycles. The Balaban J connectivity index is 1.92. The molecule has 1 aliphatic heterocycles. The van der Waals surface area contributed by atoms with Crippen LogP contribution in [0.15, 0.2) is 24.3 Å². The molecule has 0 radical (unpaired) electrons. The number of carboxylic acid groups (broad SMARTS) is 1. The number of hydrogen-bond acceptors (Lipinski definition) is 3. The monoisotopic (exact) mass is 274 g/mol. The van der Waals surface area contributed by atoms with Crippen molar-refractivity contribution in [2.45, 2.75) is 31.2 Å². The summed E-state index contributed by atoms with van der Waals surface area (Å²) in [5.41, 5.74) is 7.45. The lowest BCUT2D eigenvalue weighted by Crippen LogP contribution is -2.41. The van der Waals surface area contributed by atoms with Crippen LogP contribution in [0.3, 0.4) is 0 Å². The van der Waals surface area contributed by atoms with Crippen molar-refractivity contribution in [2.75, 3.05) is 11.4 Å². The van der Waals surface area contributed by atoms with Crippen LogP contribution in [0.25, 0.3) is 0 Å². The molecule has 0 saturated heterocycles. The third-order valence-electron chi connectivity index (χ3n) is 4.42. The second-order valence-corrected chi connectivity index (χ2v) is 5.60. The number of anilines is 1. The fourth-order valence-corrected chi connectivity index (χ4v) is 3.32. The topological polar surface area (TPSA) is 83.6 Å². The average molecular weight is 274 g/mol. The summed E-state index contributed by atoms with van der Waals surface area (Å²) in [6.07, 6.45) is 2.64. The van der Waals surface area contributed by atoms with Gasteiger partial charge in [-0.1, -0.05) is 24.6 Å². The van der Waals surface area contributed by atoms with Gasteiger partial charge in [0.25, 0.3) is 0 Å². The highest BCUT2D eigenvalue weighted by Crippen LogP contribution is 2.38. The maximum atomic E-state index is 12.6. The number of nitrogens with zero attached hydrogens (tertiary/aromatic N) is 1. The van der Waals surface area contributed by atoms with Gasteiger partial charge in [0.15, 0.2) is 0 Å². The first-order valence-electron chi connectivity index (χ1n) is 6.98. The van der Waals surface area contributed by atoms with Crippen molar-refractivity contribution < 1.29 is 14.7 Å². The van der Waals surface area contributed by atoms with E-state index >= 15 is 0 Å². The number of rotatable bonds is 2. The molecule has 2 aliphatic rings. The van der Waals surface area contributed by atoms with Gasteiger partial charge in [0.2, 0.25) is 5.91 Å². The Labute approximate surface area is 117 Å². The minimum atomic E-state index is -0.886. The van der Waals surface area contributed by atoms with Crippen molar-refractivity contribution in [3.05, 3.63) is 29.8 Å². The molecule has 0 aromatic heterocycles. The highest BCUT2D eigenvalue weighted by Gasteiger charge is 2.41. The van der Waals surface area contributed by atoms with Crippen LogP contribution < -0.4 is 10.6 Å². The van der Waals surface area contributed by atoms with Gasteiger partial charge in [-0.3, -0.25) is 9.59 Å². The normalized spacial score (nSPS) is 28.4. The Morgan fingerprint density at radius 3 is 2.65 bits per heavy atom. The lowest BCUT2D eigenvalue weighted by atomic mass is 10.0. The lowest BCUT2D eigenvalue weighted by Gasteiger charge is -2.23. The van der Waals surface area contributed by atoms with E-state index in [-0.39, 0.29) is 24.4 Å². The van der Waals surface area contributed by atoms with Gasteiger partial charge in [-0.2, -0.15) is 0 Å². The summed E-state index contributed by atoms with van der Waals surface area (Å²) >= 11 is 0. The molecule has 1 heterocycles. The molecule has 20 heavy (non-hydrogen) atoms. The third-order valence-corrected chi connectivity index (χ3v) is 4.42. The van der Waals surface area contributed by atoms with Crippen LogP contribution in [0.4, 0.5) is 5.69 Å². The zero-order valence-corrected chi connectivity index (χ0v) is 11.2. The van der Waals surface area contributed by atoms with Crippen molar-refractivity contribution in [3.8, 4) is 0 Å². The summed E-state index contributed by atoms with van der Waals surface area (Å²) < 4.78 is 0. The van der Waals surface area contributed by atoms with E-state index in [1.54, 1.807) is 11.0 Å². The Bertz CT molecular complexity index is 558. The standard InChI is InChI=1S/C15H18N2O3/c16-12-6-3-5-10(12)14(18)17-8-11(15(19)20)9-4-1-2-7-13(9)17/h1-2,4,7,10-12H,3,5-6,8,16H2,(H,19,20). The second kappa shape index (κ2) is 4.90. The molecule has 0 bridgehead atoms. The van der Waals surface area contributed by atoms with Crippen LogP contribution in [0.5, 0.6) is 0 Å². The molecule has 106 valence electrons. The molecule has 1 fully saturated rings. The highest BCUT2D eigenvalue weighted by molar-refractivity contribution is 6.00. The molecule has 3 N–H and O–H groups in total. The first-order chi connectivity index (χ1) is 9.59. The lowest BCUT2D eigenvalue weighted by molar-refractivity contribution is -0.138. The number of carbonyl (C=O) groups is 2. The maximum absolute atomic E-state index is 12.6. The molecule has 0 spiro atoms. The average Bonchev–Trinajstić information content (AvgIpc) is 3.01. The number of carbonyl (C=O) groups excluding carboxylic acids is 1. The Morgan fingerprint density at radius 2 is 2.00 bits per heavy atom. The van der Waals surface area contributed by atoms with Crippen LogP contribution in [0.2, 0.25) is 0 Å². The van der Waals surface area contributed by atoms with E-state index < -0.39 is 11.9 Å². The predicted molar refractivity (Wildman–Crippen MR) is 74.5 cm³/mol. The Hall–Kier alpha value is -1.88. The Morgan fingerprint density at radius 1 is 1.25 bits per heavy atom. The zero-order chi connectivity index (χ0) is 14.3. The van der Waals surface area contributed by atoms with Gasteiger partial charge in [-0.05, 0) is 24.5 Å². The van der Waals surface area contributed by atoms with Gasteiger partial charge in [0.1, 0.15) is 5.92 Å². The molecule has 1 saturated carbocycles. The number of aliphatic carboxylic acids is 1. The summed E-state index contributed by atoms with van der Waals surface area (Å²) in [6.45, 7) is 0.219. The molecule has 1 amide bonds. The third kappa shape index (κ3) is 1.98. The molecule has 1 aromatic rings. The van der Waals surface area contributed by atoms with Crippen LogP contribution in [-0.4, -0.2) is 29.6 Å². The van der Waals surface area contributed by atoms with Crippen LogP contribution in [-0.2, 0) is 9.59 Å². The van der Waals surface area contributed by atoms with E-state index in [9.17, 15) is 14.7 Å². The molecule has 3 atom stereocenters. The second-order valence-electron chi connectivity index (χ2n) is 5.60. The van der Waals surface area contributed by atoms with Crippen LogP contribution in [0, 0.1) is 5.92 Å². The molecule has 3 unspecified atom stereocenters. The van der Waals surface area contributed by atoms with E-state index in [0.717, 1.165) is 30.5 Å². The van der Waals surface area contributed by atoms with Crippen molar-refractivity contribution in [2.24, 2.45) is 11.7 Å². The highest BCUT2D eigenvalue weighted by atomic mass is 16.4. The summed E-state index contributed by atoms with van der Waals surface area (Å²) in [6, 6.07) is 7.15. The quantitative estimate of drug-likeness (QED) is 0.852. The van der Waals surface area contributed by atoms with Crippen molar-refractivity contribution >= 4 is 17.6 Å². The van der Waals surface area contributed by atoms with Gasteiger partial charge >= 0.3 is 5.97 Å². The van der Waals surface area contributed by atoms with E-state index in [1.807, 2.05) is 18.2 Å². The van der Waals surface area contributed by atoms with Crippen molar-refractivity contribution in [3.63, 3.8) is 0 Å². The molecule has 3 rings (SSSR count). The minimum absolute atomic E-state index is 0.0220. The summed E-state index contributed by atoms with van der Waals surface area (Å²) in [4.78, 5) is 25.6. The fraction of sp³-hybridized carbons (Fsp3) is 0.467. The number of hydrogen-bond donors (Lipinski definition) is 2. The number of para-hydroxylation sites is 1. The number of amides is 1. The van der Waals surface area contributed by atoms with E-state index in [1.165, 1.54) is 0 Å². The molecule has 1 aromatic carbocycles. The molecule has 5 nitrogen and oxygen atoms in total. The summed E-state index contributed by atoms with van der Waals surface area (Å²) in [5, 5.41) is 9.31. The van der Waals surface area contributed by atoms with Gasteiger partial charge in [0.05, 0.1) is 5.92 Å². The van der Waals surface area contributed by atoms with E-state index in [0.29, 0.717) is 0 Å². The predicted octanol–water partition coefficient (Wildman–Crippen LogP) is 1.33. The molecular weight excluding hydrogens is 256 g/mol. The van der Waals surface area contributed by atoms with Gasteiger partial charge in [-0.25, -0.2) is 0 Å². The van der Waals surface area contributed by atoms with Crippen LogP contribution >= 0.6 is 0 Å². The maximum Gasteiger partial charge on any atom is 0.312 e. The smallest absolute Gasteiger partial charge is 0.312 e. The fourth-order valence-electron chi connectivity index (χ4n) is 3.32. The SMILES string of the molecule is NC1CCCC1C(=O)N1CC(C(=O)O)c2ccccc21. The van der Waals surface area contributed by atoms with Gasteiger partial charge in [0, 0.05) is 18.3 Å². The van der Waals surface area contributed by atoms with Gasteiger partial charge < -0.3 is 15.7 Å². The van der Waals surface area contributed by atoms with Crippen LogP contribution in [0.1, 0.15) is 30.7 Å². The first kappa shape index (κ1) is 13.1. The van der Waals surface area contributed by atoms with Crippen molar-refractivity contribution in [1.29, 1.82) is 0 Å². The van der Waals surface area contributed by atoms with E-state index in [2.05, 4.69) is 0 Å². The largest absolute Gasteiger partial charge is 0.481 e.